The Kier molecular flexibility index (Phi) is 6.08. The van der Waals surface area contributed by atoms with Crippen LogP contribution in [0.25, 0.3) is 0 Å². The molecule has 4 nitrogen and oxygen atoms in total. The largest absolute Gasteiger partial charge is 0.497 e. The van der Waals surface area contributed by atoms with Crippen LogP contribution in [0.15, 0.2) is 24.3 Å². The molecule has 0 bridgehead atoms. The molecule has 0 spiro atoms. The zero-order valence-electron chi connectivity index (χ0n) is 12.2. The number of hydrogen-bond acceptors (Lipinski definition) is 4. The van der Waals surface area contributed by atoms with Crippen LogP contribution in [0, 0.1) is 12.3 Å². The Labute approximate surface area is 120 Å². The Morgan fingerprint density at radius 2 is 2.05 bits per heavy atom. The Morgan fingerprint density at radius 1 is 1.40 bits per heavy atom. The third-order valence-corrected chi connectivity index (χ3v) is 3.02. The predicted octanol–water partition coefficient (Wildman–Crippen LogP) is 1.78. The Balaban J connectivity index is 2.87. The van der Waals surface area contributed by atoms with Crippen LogP contribution in [0.2, 0.25) is 0 Å². The van der Waals surface area contributed by atoms with Gasteiger partial charge in [0.1, 0.15) is 11.3 Å². The molecule has 0 heterocycles. The van der Waals surface area contributed by atoms with Crippen LogP contribution in [0.3, 0.4) is 0 Å². The highest BCUT2D eigenvalue weighted by Crippen LogP contribution is 2.18. The van der Waals surface area contributed by atoms with E-state index in [-0.39, 0.29) is 5.97 Å². The number of nitrogens with one attached hydrogen (secondary N) is 1. The number of methoxy groups -OCH3 is 1. The lowest BCUT2D eigenvalue weighted by Gasteiger charge is -2.28. The summed E-state index contributed by atoms with van der Waals surface area (Å²) in [6.07, 6.45) is 5.76. The van der Waals surface area contributed by atoms with E-state index in [1.807, 2.05) is 24.3 Å². The van der Waals surface area contributed by atoms with Gasteiger partial charge in [-0.2, -0.15) is 0 Å². The average Bonchev–Trinajstić information content (AvgIpc) is 2.46. The standard InChI is InChI=1S/C16H21NO3/c1-5-11-17-16(3,15(18)20-6-2)12-13-7-9-14(19-4)10-8-13/h1,7-10,17H,6,11-12H2,2-4H3. The van der Waals surface area contributed by atoms with Crippen LogP contribution >= 0.6 is 0 Å². The first kappa shape index (κ1) is 16.1. The van der Waals surface area contributed by atoms with Crippen LogP contribution in [-0.4, -0.2) is 31.8 Å². The van der Waals surface area contributed by atoms with Crippen LogP contribution < -0.4 is 10.1 Å². The summed E-state index contributed by atoms with van der Waals surface area (Å²) in [5, 5.41) is 3.07. The van der Waals surface area contributed by atoms with Crippen molar-refractivity contribution >= 4 is 5.97 Å². The highest BCUT2D eigenvalue weighted by molar-refractivity contribution is 5.80. The number of carbonyl (C=O) groups is 1. The van der Waals surface area contributed by atoms with Crippen molar-refractivity contribution in [3.63, 3.8) is 0 Å². The van der Waals surface area contributed by atoms with E-state index in [1.54, 1.807) is 21.0 Å². The molecule has 1 rings (SSSR count). The van der Waals surface area contributed by atoms with E-state index in [2.05, 4.69) is 11.2 Å². The van der Waals surface area contributed by atoms with E-state index in [1.165, 1.54) is 0 Å². The number of benzene rings is 1. The van der Waals surface area contributed by atoms with Crippen molar-refractivity contribution in [2.24, 2.45) is 0 Å². The second-order valence-corrected chi connectivity index (χ2v) is 4.64. The van der Waals surface area contributed by atoms with Gasteiger partial charge in [0.2, 0.25) is 0 Å². The van der Waals surface area contributed by atoms with E-state index in [0.717, 1.165) is 11.3 Å². The number of ether oxygens (including phenoxy) is 2. The zero-order chi connectivity index (χ0) is 15.0. The summed E-state index contributed by atoms with van der Waals surface area (Å²) in [5.41, 5.74) is 0.169. The van der Waals surface area contributed by atoms with Gasteiger partial charge in [0, 0.05) is 6.42 Å². The normalized spacial score (nSPS) is 13.1. The molecule has 1 aromatic rings. The summed E-state index contributed by atoms with van der Waals surface area (Å²) in [7, 11) is 1.62. The summed E-state index contributed by atoms with van der Waals surface area (Å²) in [6, 6.07) is 7.58. The maximum absolute atomic E-state index is 12.1. The Bertz CT molecular complexity index is 475. The summed E-state index contributed by atoms with van der Waals surface area (Å²) in [5.74, 6) is 2.97. The third kappa shape index (κ3) is 4.29. The number of carbonyl (C=O) groups excluding carboxylic acids is 1. The van der Waals surface area contributed by atoms with Gasteiger partial charge in [-0.1, -0.05) is 18.1 Å². The van der Waals surface area contributed by atoms with Crippen molar-refractivity contribution < 1.29 is 14.3 Å². The first-order valence-corrected chi connectivity index (χ1v) is 6.54. The van der Waals surface area contributed by atoms with Crippen LogP contribution in [-0.2, 0) is 16.0 Å². The molecule has 1 aromatic carbocycles. The minimum absolute atomic E-state index is 0.300. The van der Waals surface area contributed by atoms with Gasteiger partial charge in [0.25, 0.3) is 0 Å². The van der Waals surface area contributed by atoms with Gasteiger partial charge in [-0.25, -0.2) is 0 Å². The first-order chi connectivity index (χ1) is 9.55. The van der Waals surface area contributed by atoms with Gasteiger partial charge < -0.3 is 9.47 Å². The summed E-state index contributed by atoms with van der Waals surface area (Å²) < 4.78 is 10.2. The average molecular weight is 275 g/mol. The summed E-state index contributed by atoms with van der Waals surface area (Å²) in [6.45, 7) is 4.24. The van der Waals surface area contributed by atoms with Gasteiger partial charge in [0.05, 0.1) is 20.3 Å². The van der Waals surface area contributed by atoms with Gasteiger partial charge >= 0.3 is 5.97 Å². The van der Waals surface area contributed by atoms with Crippen LogP contribution in [0.4, 0.5) is 0 Å². The molecule has 1 atom stereocenters. The number of hydrogen-bond donors (Lipinski definition) is 1. The number of terminal acetylenes is 1. The van der Waals surface area contributed by atoms with Crippen molar-refractivity contribution in [1.29, 1.82) is 0 Å². The molecule has 0 aliphatic carbocycles. The van der Waals surface area contributed by atoms with Crippen molar-refractivity contribution in [3.8, 4) is 18.1 Å². The molecule has 0 amide bonds. The molecule has 0 aromatic heterocycles. The fraction of sp³-hybridized carbons (Fsp3) is 0.438. The van der Waals surface area contributed by atoms with E-state index >= 15 is 0 Å². The topological polar surface area (TPSA) is 47.6 Å². The fourth-order valence-electron chi connectivity index (χ4n) is 1.89. The molecule has 0 aliphatic heterocycles. The second kappa shape index (κ2) is 7.56. The smallest absolute Gasteiger partial charge is 0.326 e. The lowest BCUT2D eigenvalue weighted by molar-refractivity contribution is -0.150. The van der Waals surface area contributed by atoms with Crippen LogP contribution in [0.1, 0.15) is 19.4 Å². The Morgan fingerprint density at radius 3 is 2.55 bits per heavy atom. The minimum atomic E-state index is -0.836. The first-order valence-electron chi connectivity index (χ1n) is 6.54. The SMILES string of the molecule is C#CCNC(C)(Cc1ccc(OC)cc1)C(=O)OCC. The maximum Gasteiger partial charge on any atom is 0.326 e. The zero-order valence-corrected chi connectivity index (χ0v) is 12.2. The molecule has 20 heavy (non-hydrogen) atoms. The van der Waals surface area contributed by atoms with E-state index in [4.69, 9.17) is 15.9 Å². The molecular weight excluding hydrogens is 254 g/mol. The van der Waals surface area contributed by atoms with E-state index in [9.17, 15) is 4.79 Å². The van der Waals surface area contributed by atoms with Crippen molar-refractivity contribution in [2.75, 3.05) is 20.3 Å². The minimum Gasteiger partial charge on any atom is -0.497 e. The molecule has 1 unspecified atom stereocenters. The molecule has 0 radical (unpaired) electrons. The lowest BCUT2D eigenvalue weighted by Crippen LogP contribution is -2.52. The highest BCUT2D eigenvalue weighted by atomic mass is 16.5. The molecular formula is C16H21NO3. The quantitative estimate of drug-likeness (QED) is 0.609. The predicted molar refractivity (Wildman–Crippen MR) is 78.6 cm³/mol. The summed E-state index contributed by atoms with van der Waals surface area (Å²) >= 11 is 0. The molecule has 0 aliphatic rings. The molecule has 0 saturated heterocycles. The van der Waals surface area contributed by atoms with Gasteiger partial charge in [0.15, 0.2) is 0 Å². The Hall–Kier alpha value is -1.99. The van der Waals surface area contributed by atoms with Gasteiger partial charge in [-0.05, 0) is 31.5 Å². The monoisotopic (exact) mass is 275 g/mol. The number of esters is 1. The maximum atomic E-state index is 12.1. The lowest BCUT2D eigenvalue weighted by atomic mass is 9.92. The van der Waals surface area contributed by atoms with Crippen molar-refractivity contribution in [1.82, 2.24) is 5.32 Å². The second-order valence-electron chi connectivity index (χ2n) is 4.64. The molecule has 1 N–H and O–H groups in total. The van der Waals surface area contributed by atoms with Gasteiger partial charge in [-0.3, -0.25) is 10.1 Å². The molecule has 108 valence electrons. The molecule has 4 heteroatoms. The molecule has 0 saturated carbocycles. The van der Waals surface area contributed by atoms with E-state index in [0.29, 0.717) is 19.6 Å². The van der Waals surface area contributed by atoms with Gasteiger partial charge in [-0.15, -0.1) is 6.42 Å². The van der Waals surface area contributed by atoms with Crippen molar-refractivity contribution in [3.05, 3.63) is 29.8 Å². The summed E-state index contributed by atoms with van der Waals surface area (Å²) in [4.78, 5) is 12.1. The van der Waals surface area contributed by atoms with Crippen LogP contribution in [0.5, 0.6) is 5.75 Å². The third-order valence-electron chi connectivity index (χ3n) is 3.02. The van der Waals surface area contributed by atoms with E-state index < -0.39 is 5.54 Å². The fourth-order valence-corrected chi connectivity index (χ4v) is 1.89. The highest BCUT2D eigenvalue weighted by Gasteiger charge is 2.34. The number of rotatable bonds is 7. The van der Waals surface area contributed by atoms with Crippen molar-refractivity contribution in [2.45, 2.75) is 25.8 Å². The molecule has 0 fully saturated rings.